The van der Waals surface area contributed by atoms with Crippen molar-refractivity contribution < 1.29 is 0 Å². The minimum atomic E-state index is -0.00529. The Morgan fingerprint density at radius 2 is 1.39 bits per heavy atom. The van der Waals surface area contributed by atoms with Gasteiger partial charge in [-0.1, -0.05) is 71.9 Å². The van der Waals surface area contributed by atoms with Crippen LogP contribution in [0.25, 0.3) is 50.1 Å². The van der Waals surface area contributed by atoms with Crippen molar-refractivity contribution in [3.63, 3.8) is 0 Å². The van der Waals surface area contributed by atoms with Gasteiger partial charge in [0.05, 0.1) is 11.4 Å². The number of aromatic nitrogens is 4. The second-order valence-electron chi connectivity index (χ2n) is 12.2. The highest BCUT2D eigenvalue weighted by molar-refractivity contribution is 5.95. The summed E-state index contributed by atoms with van der Waals surface area (Å²) in [6, 6.07) is 27.9. The molecule has 4 aromatic heterocycles. The lowest BCUT2D eigenvalue weighted by Crippen LogP contribution is -2.12. The second kappa shape index (κ2) is 8.70. The fraction of sp³-hybridized carbons (Fsp3) is 0.235. The molecule has 190 valence electrons. The highest BCUT2D eigenvalue weighted by atomic mass is 15.1. The molecular formula is C34H34N4. The minimum absolute atomic E-state index is 0.00359. The first-order chi connectivity index (χ1) is 18.1. The topological polar surface area (TPSA) is 46.5 Å². The van der Waals surface area contributed by atoms with Crippen LogP contribution < -0.4 is 0 Å². The van der Waals surface area contributed by atoms with Crippen LogP contribution in [0, 0.1) is 0 Å². The molecule has 0 aliphatic heterocycles. The van der Waals surface area contributed by atoms with E-state index in [9.17, 15) is 0 Å². The third-order valence-corrected chi connectivity index (χ3v) is 7.28. The fourth-order valence-corrected chi connectivity index (χ4v) is 5.18. The number of fused-ring (bicyclic) bond motifs is 2. The van der Waals surface area contributed by atoms with Gasteiger partial charge < -0.3 is 4.98 Å². The maximum absolute atomic E-state index is 5.24. The van der Waals surface area contributed by atoms with Crippen LogP contribution in [0.2, 0.25) is 0 Å². The van der Waals surface area contributed by atoms with E-state index in [1.807, 2.05) is 18.3 Å². The van der Waals surface area contributed by atoms with E-state index in [-0.39, 0.29) is 10.8 Å². The van der Waals surface area contributed by atoms with Crippen LogP contribution in [0.5, 0.6) is 0 Å². The summed E-state index contributed by atoms with van der Waals surface area (Å²) in [4.78, 5) is 13.6. The molecule has 6 aromatic rings. The van der Waals surface area contributed by atoms with Crippen molar-refractivity contribution in [1.29, 1.82) is 0 Å². The number of H-pyrrole nitrogens is 1. The number of benzene rings is 2. The zero-order valence-corrected chi connectivity index (χ0v) is 23.0. The lowest BCUT2D eigenvalue weighted by Gasteiger charge is -2.21. The largest absolute Gasteiger partial charge is 0.343 e. The predicted molar refractivity (Wildman–Crippen MR) is 159 cm³/mol. The molecule has 4 heterocycles. The molecule has 0 saturated heterocycles. The van der Waals surface area contributed by atoms with Gasteiger partial charge >= 0.3 is 0 Å². The summed E-state index contributed by atoms with van der Waals surface area (Å²) in [6.07, 6.45) is 3.97. The van der Waals surface area contributed by atoms with Gasteiger partial charge in [-0.15, -0.1) is 0 Å². The Kier molecular flexibility index (Phi) is 5.53. The van der Waals surface area contributed by atoms with E-state index in [2.05, 4.69) is 129 Å². The van der Waals surface area contributed by atoms with Gasteiger partial charge in [0.15, 0.2) is 0 Å². The van der Waals surface area contributed by atoms with Crippen molar-refractivity contribution >= 4 is 21.8 Å². The zero-order chi connectivity index (χ0) is 26.7. The number of nitrogens with zero attached hydrogens (tertiary/aromatic N) is 3. The second-order valence-corrected chi connectivity index (χ2v) is 12.2. The molecule has 0 saturated carbocycles. The maximum Gasteiger partial charge on any atom is 0.146 e. The summed E-state index contributed by atoms with van der Waals surface area (Å²) in [5.41, 5.74) is 7.55. The molecule has 0 aliphatic rings. The summed E-state index contributed by atoms with van der Waals surface area (Å²) in [7, 11) is 0. The molecule has 4 heteroatoms. The SMILES string of the molecule is CC(C)(C)c1cc(-c2ccccn2)cc(-c2ccc3ccn(-c4[nH]c(C(C)(C)C)c5ccccc45)c3n2)c1. The van der Waals surface area contributed by atoms with Crippen LogP contribution in [-0.4, -0.2) is 19.5 Å². The number of aromatic amines is 1. The van der Waals surface area contributed by atoms with Crippen molar-refractivity contribution in [2.45, 2.75) is 52.4 Å². The molecule has 4 nitrogen and oxygen atoms in total. The van der Waals surface area contributed by atoms with E-state index in [1.54, 1.807) is 0 Å². The van der Waals surface area contributed by atoms with E-state index in [1.165, 1.54) is 22.0 Å². The molecule has 0 bridgehead atoms. The normalized spacial score (nSPS) is 12.5. The first-order valence-corrected chi connectivity index (χ1v) is 13.3. The van der Waals surface area contributed by atoms with E-state index in [0.717, 1.165) is 39.4 Å². The number of pyridine rings is 2. The molecule has 0 fully saturated rings. The molecule has 2 aromatic carbocycles. The molecule has 0 unspecified atom stereocenters. The molecule has 0 spiro atoms. The van der Waals surface area contributed by atoms with E-state index in [0.29, 0.717) is 0 Å². The summed E-state index contributed by atoms with van der Waals surface area (Å²) in [6.45, 7) is 13.5. The van der Waals surface area contributed by atoms with Gasteiger partial charge in [-0.3, -0.25) is 9.55 Å². The van der Waals surface area contributed by atoms with Crippen molar-refractivity contribution in [3.05, 3.63) is 103 Å². The Balaban J connectivity index is 1.55. The van der Waals surface area contributed by atoms with Crippen molar-refractivity contribution in [1.82, 2.24) is 19.5 Å². The Labute approximate surface area is 224 Å². The van der Waals surface area contributed by atoms with Gasteiger partial charge in [-0.2, -0.15) is 0 Å². The maximum atomic E-state index is 5.24. The zero-order valence-electron chi connectivity index (χ0n) is 23.0. The van der Waals surface area contributed by atoms with Crippen LogP contribution in [0.1, 0.15) is 52.8 Å². The molecule has 0 aliphatic carbocycles. The summed E-state index contributed by atoms with van der Waals surface area (Å²) < 4.78 is 2.20. The monoisotopic (exact) mass is 498 g/mol. The Morgan fingerprint density at radius 1 is 0.684 bits per heavy atom. The average molecular weight is 499 g/mol. The molecule has 38 heavy (non-hydrogen) atoms. The summed E-state index contributed by atoms with van der Waals surface area (Å²) in [5.74, 6) is 1.06. The summed E-state index contributed by atoms with van der Waals surface area (Å²) >= 11 is 0. The molecule has 6 rings (SSSR count). The highest BCUT2D eigenvalue weighted by Gasteiger charge is 2.23. The quantitative estimate of drug-likeness (QED) is 0.265. The van der Waals surface area contributed by atoms with Gasteiger partial charge in [-0.05, 0) is 59.5 Å². The Hall–Kier alpha value is -4.18. The third-order valence-electron chi connectivity index (χ3n) is 7.28. The predicted octanol–water partition coefficient (Wildman–Crippen LogP) is 8.83. The highest BCUT2D eigenvalue weighted by Crippen LogP contribution is 2.36. The number of hydrogen-bond donors (Lipinski definition) is 1. The van der Waals surface area contributed by atoms with Crippen molar-refractivity contribution in [2.75, 3.05) is 0 Å². The van der Waals surface area contributed by atoms with Crippen molar-refractivity contribution in [2.24, 2.45) is 0 Å². The number of hydrogen-bond acceptors (Lipinski definition) is 2. The summed E-state index contributed by atoms with van der Waals surface area (Å²) in [5, 5.41) is 3.57. The molecule has 1 N–H and O–H groups in total. The number of rotatable bonds is 3. The lowest BCUT2D eigenvalue weighted by molar-refractivity contribution is 0.577. The van der Waals surface area contributed by atoms with Crippen LogP contribution >= 0.6 is 0 Å². The first-order valence-electron chi connectivity index (χ1n) is 13.3. The van der Waals surface area contributed by atoms with Gasteiger partial charge in [0.25, 0.3) is 0 Å². The van der Waals surface area contributed by atoms with Crippen LogP contribution in [0.15, 0.2) is 91.3 Å². The van der Waals surface area contributed by atoms with Gasteiger partial charge in [-0.25, -0.2) is 4.98 Å². The molecule has 0 atom stereocenters. The molecular weight excluding hydrogens is 464 g/mol. The van der Waals surface area contributed by atoms with Crippen LogP contribution in [0.3, 0.4) is 0 Å². The Bertz CT molecular complexity index is 1770. The van der Waals surface area contributed by atoms with E-state index in [4.69, 9.17) is 4.98 Å². The lowest BCUT2D eigenvalue weighted by atomic mass is 9.84. The van der Waals surface area contributed by atoms with Gasteiger partial charge in [0.2, 0.25) is 0 Å². The van der Waals surface area contributed by atoms with Gasteiger partial charge in [0.1, 0.15) is 11.5 Å². The number of nitrogens with one attached hydrogen (secondary N) is 1. The first kappa shape index (κ1) is 24.2. The average Bonchev–Trinajstić information content (AvgIpc) is 3.49. The fourth-order valence-electron chi connectivity index (χ4n) is 5.18. The van der Waals surface area contributed by atoms with Gasteiger partial charge in [0, 0.05) is 50.8 Å². The Morgan fingerprint density at radius 3 is 2.08 bits per heavy atom. The molecule has 0 radical (unpaired) electrons. The molecule has 0 amide bonds. The van der Waals surface area contributed by atoms with E-state index < -0.39 is 0 Å². The van der Waals surface area contributed by atoms with E-state index >= 15 is 0 Å². The standard InChI is InChI=1S/C34H34N4/c1-33(2,3)25-20-23(28-13-9-10-17-35-28)19-24(21-25)29-15-14-22-16-18-38(31(22)36-29)32-27-12-8-7-11-26(27)30(37-32)34(4,5)6/h7-21,37H,1-6H3. The van der Waals surface area contributed by atoms with Crippen LogP contribution in [-0.2, 0) is 10.8 Å². The van der Waals surface area contributed by atoms with Crippen molar-refractivity contribution in [3.8, 4) is 28.3 Å². The van der Waals surface area contributed by atoms with Crippen LogP contribution in [0.4, 0.5) is 0 Å². The third kappa shape index (κ3) is 4.20. The minimum Gasteiger partial charge on any atom is -0.343 e. The smallest absolute Gasteiger partial charge is 0.146 e.